The highest BCUT2D eigenvalue weighted by Crippen LogP contribution is 2.27. The normalized spacial score (nSPS) is 28.5. The van der Waals surface area contributed by atoms with Gasteiger partial charge in [-0.3, -0.25) is 9.79 Å². The number of carbonyl (C=O) groups excluding carboxylic acids is 1. The molecule has 2 heterocycles. The Bertz CT molecular complexity index is 442. The lowest BCUT2D eigenvalue weighted by Gasteiger charge is -2.21. The summed E-state index contributed by atoms with van der Waals surface area (Å²) in [5, 5.41) is 6.85. The van der Waals surface area contributed by atoms with Gasteiger partial charge in [-0.1, -0.05) is 12.8 Å². The molecule has 6 nitrogen and oxygen atoms in total. The summed E-state index contributed by atoms with van der Waals surface area (Å²) in [4.78, 5) is 18.9. The summed E-state index contributed by atoms with van der Waals surface area (Å²) in [6.45, 7) is 3.47. The van der Waals surface area contributed by atoms with Crippen LogP contribution in [-0.2, 0) is 9.53 Å². The van der Waals surface area contributed by atoms with Gasteiger partial charge in [-0.15, -0.1) is 0 Å². The second-order valence-electron chi connectivity index (χ2n) is 7.32. The van der Waals surface area contributed by atoms with Crippen LogP contribution >= 0.6 is 0 Å². The van der Waals surface area contributed by atoms with Gasteiger partial charge in [0.05, 0.1) is 6.10 Å². The van der Waals surface area contributed by atoms with Crippen molar-refractivity contribution in [1.82, 2.24) is 15.5 Å². The van der Waals surface area contributed by atoms with Gasteiger partial charge >= 0.3 is 0 Å². The fourth-order valence-corrected chi connectivity index (χ4v) is 4.12. The minimum Gasteiger partial charge on any atom is -0.378 e. The van der Waals surface area contributed by atoms with Gasteiger partial charge in [-0.05, 0) is 38.5 Å². The van der Waals surface area contributed by atoms with Crippen molar-refractivity contribution >= 4 is 11.9 Å². The van der Waals surface area contributed by atoms with Gasteiger partial charge in [-0.25, -0.2) is 0 Å². The lowest BCUT2D eigenvalue weighted by molar-refractivity contribution is -0.134. The average molecular weight is 336 g/mol. The lowest BCUT2D eigenvalue weighted by atomic mass is 10.1. The summed E-state index contributed by atoms with van der Waals surface area (Å²) in [7, 11) is 1.80. The van der Waals surface area contributed by atoms with Crippen molar-refractivity contribution in [2.24, 2.45) is 10.9 Å². The number of nitrogens with zero attached hydrogens (tertiary/aromatic N) is 2. The van der Waals surface area contributed by atoms with E-state index in [4.69, 9.17) is 4.74 Å². The number of rotatable bonds is 5. The van der Waals surface area contributed by atoms with E-state index in [-0.39, 0.29) is 5.92 Å². The Morgan fingerprint density at radius 3 is 2.75 bits per heavy atom. The van der Waals surface area contributed by atoms with Crippen LogP contribution in [0.1, 0.15) is 51.4 Å². The molecule has 1 saturated carbocycles. The van der Waals surface area contributed by atoms with Crippen molar-refractivity contribution < 1.29 is 9.53 Å². The van der Waals surface area contributed by atoms with Crippen molar-refractivity contribution in [2.75, 3.05) is 33.3 Å². The molecule has 2 saturated heterocycles. The fourth-order valence-electron chi connectivity index (χ4n) is 4.12. The molecule has 3 aliphatic rings. The highest BCUT2D eigenvalue weighted by molar-refractivity contribution is 5.81. The predicted octanol–water partition coefficient (Wildman–Crippen LogP) is 1.51. The molecule has 6 heteroatoms. The number of nitrogens with one attached hydrogen (secondary N) is 2. The molecule has 0 spiro atoms. The van der Waals surface area contributed by atoms with Crippen molar-refractivity contribution in [3.8, 4) is 0 Å². The number of likely N-dealkylation sites (tertiary alicyclic amines) is 1. The van der Waals surface area contributed by atoms with Gasteiger partial charge in [0.2, 0.25) is 5.91 Å². The Kier molecular flexibility index (Phi) is 6.35. The Morgan fingerprint density at radius 2 is 2.04 bits per heavy atom. The van der Waals surface area contributed by atoms with Crippen LogP contribution in [0.3, 0.4) is 0 Å². The van der Waals surface area contributed by atoms with Crippen molar-refractivity contribution in [2.45, 2.75) is 63.5 Å². The third-order valence-electron chi connectivity index (χ3n) is 5.55. The molecule has 2 atom stereocenters. The van der Waals surface area contributed by atoms with E-state index < -0.39 is 0 Å². The van der Waals surface area contributed by atoms with Crippen LogP contribution in [0, 0.1) is 5.92 Å². The summed E-state index contributed by atoms with van der Waals surface area (Å²) >= 11 is 0. The van der Waals surface area contributed by atoms with Crippen molar-refractivity contribution in [1.29, 1.82) is 0 Å². The lowest BCUT2D eigenvalue weighted by Crippen LogP contribution is -2.46. The molecule has 1 amide bonds. The third-order valence-corrected chi connectivity index (χ3v) is 5.55. The zero-order valence-electron chi connectivity index (χ0n) is 14.9. The highest BCUT2D eigenvalue weighted by atomic mass is 16.5. The largest absolute Gasteiger partial charge is 0.378 e. The van der Waals surface area contributed by atoms with Crippen LogP contribution in [0.4, 0.5) is 0 Å². The fraction of sp³-hybridized carbons (Fsp3) is 0.889. The summed E-state index contributed by atoms with van der Waals surface area (Å²) < 4.78 is 5.65. The third kappa shape index (κ3) is 4.62. The number of aliphatic imine (C=N–C) groups is 1. The molecule has 3 rings (SSSR count). The first-order valence-corrected chi connectivity index (χ1v) is 9.64. The maximum absolute atomic E-state index is 12.5. The second-order valence-corrected chi connectivity index (χ2v) is 7.32. The second kappa shape index (κ2) is 8.70. The average Bonchev–Trinajstić information content (AvgIpc) is 3.34. The molecule has 0 radical (unpaired) electrons. The molecule has 3 fully saturated rings. The Labute approximate surface area is 145 Å². The molecular formula is C18H32N4O2. The van der Waals surface area contributed by atoms with Crippen LogP contribution in [0.5, 0.6) is 0 Å². The molecule has 2 unspecified atom stereocenters. The van der Waals surface area contributed by atoms with Gasteiger partial charge in [0.15, 0.2) is 5.96 Å². The van der Waals surface area contributed by atoms with Crippen LogP contribution in [-0.4, -0.2) is 62.2 Å². The minimum absolute atomic E-state index is 0.285. The Morgan fingerprint density at radius 1 is 1.21 bits per heavy atom. The molecule has 24 heavy (non-hydrogen) atoms. The topological polar surface area (TPSA) is 66.0 Å². The van der Waals surface area contributed by atoms with E-state index in [2.05, 4.69) is 15.6 Å². The molecule has 2 aliphatic heterocycles. The number of amides is 1. The highest BCUT2D eigenvalue weighted by Gasteiger charge is 2.32. The van der Waals surface area contributed by atoms with E-state index in [0.29, 0.717) is 18.1 Å². The number of ether oxygens (including phenoxy) is 1. The van der Waals surface area contributed by atoms with Crippen LogP contribution in [0.15, 0.2) is 4.99 Å². The van der Waals surface area contributed by atoms with E-state index >= 15 is 0 Å². The number of hydrogen-bond donors (Lipinski definition) is 2. The van der Waals surface area contributed by atoms with E-state index in [0.717, 1.165) is 57.9 Å². The zero-order chi connectivity index (χ0) is 16.8. The smallest absolute Gasteiger partial charge is 0.225 e. The predicted molar refractivity (Wildman–Crippen MR) is 95.0 cm³/mol. The van der Waals surface area contributed by atoms with E-state index in [1.54, 1.807) is 7.05 Å². The van der Waals surface area contributed by atoms with Crippen molar-refractivity contribution in [3.05, 3.63) is 0 Å². The maximum atomic E-state index is 12.5. The van der Waals surface area contributed by atoms with Crippen LogP contribution in [0.25, 0.3) is 0 Å². The molecule has 2 N–H and O–H groups in total. The standard InChI is InChI=1S/C18H32N4O2/c1-19-18(20-10-8-16-7-4-12-24-16)21-15-9-11-22(13-15)17(23)14-5-2-3-6-14/h14-16H,2-13H2,1H3,(H2,19,20,21). The molecule has 1 aliphatic carbocycles. The van der Waals surface area contributed by atoms with Gasteiger partial charge in [-0.2, -0.15) is 0 Å². The van der Waals surface area contributed by atoms with E-state index in [9.17, 15) is 4.79 Å². The quantitative estimate of drug-likeness (QED) is 0.590. The minimum atomic E-state index is 0.285. The summed E-state index contributed by atoms with van der Waals surface area (Å²) in [6.07, 6.45) is 9.39. The SMILES string of the molecule is CN=C(NCCC1CCCO1)NC1CCN(C(=O)C2CCCC2)C1. The van der Waals surface area contributed by atoms with E-state index in [1.165, 1.54) is 25.7 Å². The first kappa shape index (κ1) is 17.5. The number of guanidine groups is 1. The summed E-state index contributed by atoms with van der Waals surface area (Å²) in [5.74, 6) is 1.50. The Balaban J connectivity index is 1.37. The van der Waals surface area contributed by atoms with Gasteiger partial charge in [0, 0.05) is 45.2 Å². The monoisotopic (exact) mass is 336 g/mol. The first-order chi connectivity index (χ1) is 11.8. The molecule has 136 valence electrons. The van der Waals surface area contributed by atoms with Gasteiger partial charge in [0.25, 0.3) is 0 Å². The maximum Gasteiger partial charge on any atom is 0.225 e. The van der Waals surface area contributed by atoms with Crippen LogP contribution < -0.4 is 10.6 Å². The molecule has 0 aromatic rings. The molecule has 0 aromatic carbocycles. The number of carbonyl (C=O) groups is 1. The summed E-state index contributed by atoms with van der Waals surface area (Å²) in [6, 6.07) is 0.310. The van der Waals surface area contributed by atoms with Crippen LogP contribution in [0.2, 0.25) is 0 Å². The zero-order valence-corrected chi connectivity index (χ0v) is 14.9. The molecule has 0 bridgehead atoms. The molecular weight excluding hydrogens is 304 g/mol. The molecule has 0 aromatic heterocycles. The van der Waals surface area contributed by atoms with E-state index in [1.807, 2.05) is 4.90 Å². The summed E-state index contributed by atoms with van der Waals surface area (Å²) in [5.41, 5.74) is 0. The van der Waals surface area contributed by atoms with Crippen molar-refractivity contribution in [3.63, 3.8) is 0 Å². The van der Waals surface area contributed by atoms with Gasteiger partial charge < -0.3 is 20.3 Å². The number of hydrogen-bond acceptors (Lipinski definition) is 3. The van der Waals surface area contributed by atoms with Gasteiger partial charge in [0.1, 0.15) is 0 Å². The first-order valence-electron chi connectivity index (χ1n) is 9.64. The Hall–Kier alpha value is -1.30.